The average molecular weight is 2150 g/mol. The number of piperidine rings is 2. The van der Waals surface area contributed by atoms with Gasteiger partial charge in [0.25, 0.3) is 0 Å². The van der Waals surface area contributed by atoms with Crippen LogP contribution >= 0.6 is 92.8 Å². The zero-order valence-corrected chi connectivity index (χ0v) is 89.9. The molecular weight excluding hydrogens is 2030 g/mol. The molecule has 0 spiro atoms. The topological polar surface area (TPSA) is 246 Å². The maximum atomic E-state index is 6.32. The third kappa shape index (κ3) is 28.5. The van der Waals surface area contributed by atoms with Gasteiger partial charge in [-0.1, -0.05) is 252 Å². The highest BCUT2D eigenvalue weighted by Crippen LogP contribution is 2.41. The Hall–Kier alpha value is -12.3. The highest BCUT2D eigenvalue weighted by molar-refractivity contribution is 6.37. The fourth-order valence-corrected chi connectivity index (χ4v) is 21.9. The van der Waals surface area contributed by atoms with E-state index in [2.05, 4.69) is 246 Å². The number of nitrogens with one attached hydrogen (secondary N) is 6. The lowest BCUT2D eigenvalue weighted by molar-refractivity contribution is 0.0776. The van der Waals surface area contributed by atoms with Crippen molar-refractivity contribution in [3.8, 4) is 23.0 Å². The van der Waals surface area contributed by atoms with Gasteiger partial charge in [0.2, 0.25) is 0 Å². The molecule has 0 bridgehead atoms. The Morgan fingerprint density at radius 2 is 0.651 bits per heavy atom. The summed E-state index contributed by atoms with van der Waals surface area (Å²) in [5.41, 5.74) is 22.7. The maximum Gasteiger partial charge on any atom is 0.124 e. The Balaban J connectivity index is 0.000000130. The molecule has 0 amide bonds. The number of aromatic amines is 4. The SMILES string of the molecule is CC(Oc1ccc2[nH]nc(/C=C/c3ccc(CN4CCc5ccccc5C4)cc3)c2c1)c1c(Cl)cncc1Cl.CC(Oc1ccc2[nH]nc(/C=C/c3ccc(CNC4CCN(C)CC4)cc3)c2c1)c1c(Cl)cncc1Cl.CC(Oc1ccc2[nH]nc(/C=C/c3ccc(CNC4CCOCC4)cc3)c2c1)c1c(Cl)cncc1Cl.CCC1CCN(Cc2ccc(/C=C/c3n[nH]c4ccc(OC(C)c5c(Cl)cncc5Cl)cc34)cc2)CC1. The van der Waals surface area contributed by atoms with E-state index in [-0.39, 0.29) is 24.4 Å². The molecule has 766 valence electrons. The van der Waals surface area contributed by atoms with Crippen LogP contribution in [0.3, 0.4) is 0 Å². The van der Waals surface area contributed by atoms with Crippen LogP contribution in [0.15, 0.2) is 244 Å². The Bertz CT molecular complexity index is 7420. The molecule has 21 rings (SSSR count). The Morgan fingerprint density at radius 3 is 0.973 bits per heavy atom. The summed E-state index contributed by atoms with van der Waals surface area (Å²) < 4.78 is 30.1. The second-order valence-corrected chi connectivity index (χ2v) is 41.5. The van der Waals surface area contributed by atoms with Crippen molar-refractivity contribution in [3.05, 3.63) is 385 Å². The number of pyridine rings is 4. The van der Waals surface area contributed by atoms with Gasteiger partial charge in [0, 0.05) is 158 Å². The molecule has 149 heavy (non-hydrogen) atoms. The number of rotatable bonds is 31. The van der Waals surface area contributed by atoms with Crippen LogP contribution in [0.5, 0.6) is 23.0 Å². The van der Waals surface area contributed by atoms with Crippen LogP contribution in [0.1, 0.15) is 205 Å². The summed E-state index contributed by atoms with van der Waals surface area (Å²) in [5.74, 6) is 3.75. The lowest BCUT2D eigenvalue weighted by atomic mass is 9.94. The van der Waals surface area contributed by atoms with Gasteiger partial charge < -0.3 is 39.2 Å². The van der Waals surface area contributed by atoms with E-state index in [1.54, 1.807) is 49.6 Å². The van der Waals surface area contributed by atoms with Crippen molar-refractivity contribution in [3.63, 3.8) is 0 Å². The van der Waals surface area contributed by atoms with Crippen molar-refractivity contribution in [1.29, 1.82) is 0 Å². The molecule has 17 aromatic rings. The van der Waals surface area contributed by atoms with E-state index >= 15 is 0 Å². The minimum Gasteiger partial charge on any atom is -0.486 e. The van der Waals surface area contributed by atoms with Gasteiger partial charge in [0.1, 0.15) is 47.4 Å². The van der Waals surface area contributed by atoms with Crippen molar-refractivity contribution in [2.24, 2.45) is 5.92 Å². The summed E-state index contributed by atoms with van der Waals surface area (Å²) in [6, 6.07) is 68.2. The van der Waals surface area contributed by atoms with E-state index < -0.39 is 0 Å². The first-order valence-corrected chi connectivity index (χ1v) is 53.7. The predicted molar refractivity (Wildman–Crippen MR) is 610 cm³/mol. The molecule has 0 aliphatic carbocycles. The van der Waals surface area contributed by atoms with Crippen LogP contribution in [-0.2, 0) is 43.9 Å². The summed E-state index contributed by atoms with van der Waals surface area (Å²) in [6.07, 6.45) is 37.3. The molecule has 4 aliphatic rings. The quantitative estimate of drug-likeness (QED) is 0.0236. The Kier molecular flexibility index (Phi) is 36.8. The van der Waals surface area contributed by atoms with Crippen molar-refractivity contribution < 1.29 is 23.7 Å². The molecule has 22 nitrogen and oxygen atoms in total. The van der Waals surface area contributed by atoms with Gasteiger partial charge >= 0.3 is 0 Å². The van der Waals surface area contributed by atoms with Gasteiger partial charge in [0.15, 0.2) is 0 Å². The van der Waals surface area contributed by atoms with Crippen LogP contribution in [0.25, 0.3) is 92.2 Å². The normalized spacial score (nSPS) is 15.5. The number of fused-ring (bicyclic) bond motifs is 5. The number of nitrogens with zero attached hydrogens (tertiary/aromatic N) is 11. The molecule has 3 saturated heterocycles. The minimum absolute atomic E-state index is 0.331. The number of hydrogen-bond acceptors (Lipinski definition) is 18. The number of halogens is 8. The highest BCUT2D eigenvalue weighted by Gasteiger charge is 2.26. The van der Waals surface area contributed by atoms with Crippen LogP contribution in [0, 0.1) is 5.92 Å². The number of aromatic nitrogens is 12. The summed E-state index contributed by atoms with van der Waals surface area (Å²) in [7, 11) is 2.19. The summed E-state index contributed by atoms with van der Waals surface area (Å²) >= 11 is 50.5. The molecule has 9 aromatic carbocycles. The number of H-pyrrole nitrogens is 4. The number of benzene rings is 9. The molecule has 4 aliphatic heterocycles. The van der Waals surface area contributed by atoms with Gasteiger partial charge in [-0.3, -0.25) is 50.1 Å². The van der Waals surface area contributed by atoms with Crippen LogP contribution < -0.4 is 29.6 Å². The lowest BCUT2D eigenvalue weighted by Crippen LogP contribution is -2.40. The monoisotopic (exact) mass is 2150 g/mol. The van der Waals surface area contributed by atoms with Crippen LogP contribution in [0.2, 0.25) is 40.2 Å². The van der Waals surface area contributed by atoms with E-state index in [0.717, 1.165) is 177 Å². The molecule has 0 radical (unpaired) electrons. The summed E-state index contributed by atoms with van der Waals surface area (Å²) in [5, 5.41) is 45.5. The first kappa shape index (κ1) is 107. The number of hydrogen-bond donors (Lipinski definition) is 6. The zero-order valence-electron chi connectivity index (χ0n) is 83.9. The fourth-order valence-electron chi connectivity index (χ4n) is 19.2. The summed E-state index contributed by atoms with van der Waals surface area (Å²) in [6.45, 7) is 22.3. The van der Waals surface area contributed by atoms with Crippen molar-refractivity contribution in [2.45, 2.75) is 155 Å². The van der Waals surface area contributed by atoms with Gasteiger partial charge in [-0.2, -0.15) is 20.4 Å². The molecule has 30 heteroatoms. The first-order valence-electron chi connectivity index (χ1n) is 50.6. The van der Waals surface area contributed by atoms with Crippen molar-refractivity contribution in [2.75, 3.05) is 53.0 Å². The largest absolute Gasteiger partial charge is 0.486 e. The average Bonchev–Trinajstić information content (AvgIpc) is 1.74. The molecule has 4 unspecified atom stereocenters. The third-order valence-electron chi connectivity index (χ3n) is 27.8. The standard InChI is InChI=1S/C32H28Cl2N4O.C30H32Cl2N4O.C29H31Cl2N5O.C28H28Cl2N4O2/c1-21(32-28(33)17-35-18-29(32)34)39-26-11-13-31-27(16-26)30(36-37-31)12-10-22-6-8-23(9-7-22)19-38-15-14-24-4-2-3-5-25(24)20-38;1-3-21-12-14-36(15-13-21)19-23-6-4-22(5-7-23)8-10-28-25-16-24(9-11-29(25)35-34-28)37-20(2)30-26(31)17-33-18-27(30)32;1-19(29-25(30)17-32-18-26(29)31)37-23-8-10-28-24(15-23)27(34-35-28)9-7-20-3-5-21(6-4-20)16-33-22-11-13-36(2)14-12-22;1-18(28-24(29)16-31-17-25(28)30)36-22-7-9-27-23(14-22)26(33-34-27)8-6-19-2-4-20(5-3-19)15-32-21-10-12-35-13-11-21/h2-13,16-18,21H,14-15,19-20H2,1H3,(H,36,37);4-11,16-18,20-21H,3,12-15,19H2,1-2H3,(H,34,35);3-10,15,17-19,22,33H,11-14,16H2,1-2H3,(H,34,35);2-9,14,16-18,21,32H,10-13,15H2,1H3,(H,33,34)/b12-10+;10-8+;9-7+;8-6+. The maximum absolute atomic E-state index is 6.32. The number of likely N-dealkylation sites (tertiary alicyclic amines) is 2. The molecule has 8 aromatic heterocycles. The zero-order chi connectivity index (χ0) is 103. The molecule has 3 fully saturated rings. The predicted octanol–water partition coefficient (Wildman–Crippen LogP) is 29.9. The second kappa shape index (κ2) is 51.5. The Labute approximate surface area is 909 Å². The van der Waals surface area contributed by atoms with Gasteiger partial charge in [-0.05, 0) is 265 Å². The number of ether oxygens (including phenoxy) is 5. The second-order valence-electron chi connectivity index (χ2n) is 38.3. The van der Waals surface area contributed by atoms with E-state index in [4.69, 9.17) is 116 Å². The Morgan fingerprint density at radius 1 is 0.349 bits per heavy atom. The third-order valence-corrected chi connectivity index (χ3v) is 30.2. The first-order chi connectivity index (χ1) is 72.5. The van der Waals surface area contributed by atoms with Gasteiger partial charge in [-0.25, -0.2) is 0 Å². The molecular formula is C119H119Cl8N17O5. The molecule has 0 saturated carbocycles. The lowest BCUT2D eigenvalue weighted by Gasteiger charge is -2.31. The fraction of sp³-hybridized carbons (Fsp3) is 0.277. The molecule has 4 atom stereocenters. The smallest absolute Gasteiger partial charge is 0.124 e. The van der Waals surface area contributed by atoms with Crippen molar-refractivity contribution in [1.82, 2.24) is 86.1 Å². The van der Waals surface area contributed by atoms with E-state index in [9.17, 15) is 0 Å². The molecule has 6 N–H and O–H groups in total. The minimum atomic E-state index is -0.338. The van der Waals surface area contributed by atoms with E-state index in [0.29, 0.717) is 86.4 Å². The van der Waals surface area contributed by atoms with Crippen LogP contribution in [0.4, 0.5) is 0 Å². The van der Waals surface area contributed by atoms with Gasteiger partial charge in [0.05, 0.1) is 85.0 Å². The van der Waals surface area contributed by atoms with Crippen LogP contribution in [-0.4, -0.2) is 140 Å². The molecule has 12 heterocycles. The van der Waals surface area contributed by atoms with E-state index in [1.165, 1.54) is 91.7 Å². The van der Waals surface area contributed by atoms with E-state index in [1.807, 2.05) is 125 Å². The van der Waals surface area contributed by atoms with Gasteiger partial charge in [-0.15, -0.1) is 0 Å². The summed E-state index contributed by atoms with van der Waals surface area (Å²) in [4.78, 5) is 23.6. The van der Waals surface area contributed by atoms with Crippen molar-refractivity contribution >= 4 is 185 Å². The highest BCUT2D eigenvalue weighted by atomic mass is 35.5.